The Labute approximate surface area is 255 Å². The van der Waals surface area contributed by atoms with Gasteiger partial charge in [0.25, 0.3) is 0 Å². The molecule has 0 saturated carbocycles. The molecule has 5 aliphatic rings. The van der Waals surface area contributed by atoms with Crippen molar-refractivity contribution in [2.45, 2.75) is 82.0 Å². The van der Waals surface area contributed by atoms with Crippen LogP contribution in [0.25, 0.3) is 22.2 Å². The van der Waals surface area contributed by atoms with Gasteiger partial charge in [-0.15, -0.1) is 0 Å². The summed E-state index contributed by atoms with van der Waals surface area (Å²) in [5.41, 5.74) is 0.980. The van der Waals surface area contributed by atoms with Crippen molar-refractivity contribution in [2.24, 2.45) is 0 Å². The number of ether oxygens (including phenoxy) is 2. The highest BCUT2D eigenvalue weighted by Crippen LogP contribution is 2.41. The summed E-state index contributed by atoms with van der Waals surface area (Å²) in [5.74, 6) is -0.113. The Hall–Kier alpha value is -2.82. The molecule has 3 aromatic rings. The maximum atomic E-state index is 16.7. The lowest BCUT2D eigenvalue weighted by Crippen LogP contribution is -2.43. The first-order valence-electron chi connectivity index (χ1n) is 15.7. The van der Waals surface area contributed by atoms with Crippen molar-refractivity contribution < 1.29 is 23.4 Å². The van der Waals surface area contributed by atoms with Crippen molar-refractivity contribution in [3.63, 3.8) is 0 Å². The van der Waals surface area contributed by atoms with Crippen LogP contribution in [0.3, 0.4) is 0 Å². The van der Waals surface area contributed by atoms with Gasteiger partial charge in [0.05, 0.1) is 17.0 Å². The van der Waals surface area contributed by atoms with Crippen molar-refractivity contribution in [1.82, 2.24) is 19.9 Å². The molecule has 230 valence electrons. The van der Waals surface area contributed by atoms with E-state index in [9.17, 15) is 9.50 Å². The van der Waals surface area contributed by atoms with E-state index in [2.05, 4.69) is 19.8 Å². The van der Waals surface area contributed by atoms with E-state index in [1.807, 2.05) is 0 Å². The SMILES string of the molecule is Oc1cc(Cl)c2c(c1)-c1ncc3c(nc(OC[C@@]45CCCN4C[C@H](F)C5)nc3c1F)N1CCCC[C@@H](C1)OCCCCC2. The zero-order valence-corrected chi connectivity index (χ0v) is 25.1. The molecule has 1 N–H and O–H groups in total. The molecule has 0 unspecified atom stereocenters. The van der Waals surface area contributed by atoms with Crippen LogP contribution in [0.2, 0.25) is 5.02 Å². The maximum absolute atomic E-state index is 16.7. The van der Waals surface area contributed by atoms with Crippen LogP contribution in [0, 0.1) is 5.82 Å². The molecule has 0 spiro atoms. The topological polar surface area (TPSA) is 83.8 Å². The van der Waals surface area contributed by atoms with E-state index < -0.39 is 12.0 Å². The lowest BCUT2D eigenvalue weighted by atomic mass is 9.95. The van der Waals surface area contributed by atoms with Gasteiger partial charge in [-0.05, 0) is 75.6 Å². The van der Waals surface area contributed by atoms with Crippen molar-refractivity contribution in [3.05, 3.63) is 34.7 Å². The number of anilines is 1. The average molecular weight is 614 g/mol. The number of phenols is 1. The number of alkyl halides is 1. The molecule has 3 atom stereocenters. The fourth-order valence-electron chi connectivity index (χ4n) is 7.51. The lowest BCUT2D eigenvalue weighted by molar-refractivity contribution is 0.0515. The highest BCUT2D eigenvalue weighted by Gasteiger charge is 2.49. The largest absolute Gasteiger partial charge is 0.508 e. The van der Waals surface area contributed by atoms with Gasteiger partial charge in [-0.2, -0.15) is 9.97 Å². The first-order chi connectivity index (χ1) is 20.9. The summed E-state index contributed by atoms with van der Waals surface area (Å²) in [5, 5.41) is 11.3. The average Bonchev–Trinajstić information content (AvgIpc) is 3.39. The Kier molecular flexibility index (Phi) is 8.03. The van der Waals surface area contributed by atoms with Gasteiger partial charge < -0.3 is 19.5 Å². The first-order valence-corrected chi connectivity index (χ1v) is 16.0. The third-order valence-corrected chi connectivity index (χ3v) is 10.00. The van der Waals surface area contributed by atoms with E-state index in [1.54, 1.807) is 6.20 Å². The standard InChI is InChI=1S/C32H38ClF2N5O3/c33-26-14-21(41)13-24-23(26)8-2-1-5-12-42-22-7-3-4-10-39(18-22)30-25-16-36-28(24)27(35)29(25)37-31(38-30)43-19-32-9-6-11-40(32)17-20(34)15-32/h13-14,16,20,22,41H,1-12,15,17-19H2/t20-,22+,32+/m1/s1. The van der Waals surface area contributed by atoms with Crippen LogP contribution in [-0.2, 0) is 11.2 Å². The second-order valence-corrected chi connectivity index (χ2v) is 13.0. The van der Waals surface area contributed by atoms with E-state index in [0.29, 0.717) is 54.3 Å². The predicted molar refractivity (Wildman–Crippen MR) is 161 cm³/mol. The van der Waals surface area contributed by atoms with Gasteiger partial charge in [-0.25, -0.2) is 8.78 Å². The maximum Gasteiger partial charge on any atom is 0.319 e. The normalized spacial score (nSPS) is 26.5. The molecule has 1 aromatic carbocycles. The zero-order valence-electron chi connectivity index (χ0n) is 24.3. The predicted octanol–water partition coefficient (Wildman–Crippen LogP) is 6.25. The highest BCUT2D eigenvalue weighted by molar-refractivity contribution is 6.32. The number of benzene rings is 1. The summed E-state index contributed by atoms with van der Waals surface area (Å²) in [4.78, 5) is 18.3. The Balaban J connectivity index is 1.36. The van der Waals surface area contributed by atoms with Crippen molar-refractivity contribution in [1.29, 1.82) is 0 Å². The number of fused-ring (bicyclic) bond motifs is 7. The molecule has 6 bridgehead atoms. The number of nitrogens with zero attached hydrogens (tertiary/aromatic N) is 5. The third-order valence-electron chi connectivity index (χ3n) is 9.66. The second-order valence-electron chi connectivity index (χ2n) is 12.6. The van der Waals surface area contributed by atoms with Gasteiger partial charge in [-0.3, -0.25) is 9.88 Å². The molecule has 3 saturated heterocycles. The van der Waals surface area contributed by atoms with Crippen LogP contribution < -0.4 is 9.64 Å². The molecule has 11 heteroatoms. The minimum atomic E-state index is -0.882. The summed E-state index contributed by atoms with van der Waals surface area (Å²) < 4.78 is 43.7. The first kappa shape index (κ1) is 28.9. The molecule has 0 radical (unpaired) electrons. The van der Waals surface area contributed by atoms with E-state index in [0.717, 1.165) is 70.0 Å². The van der Waals surface area contributed by atoms with Crippen LogP contribution in [0.4, 0.5) is 14.6 Å². The number of phenolic OH excluding ortho intramolecular Hbond substituents is 1. The molecule has 0 amide bonds. The fourth-order valence-corrected chi connectivity index (χ4v) is 7.82. The molecule has 7 heterocycles. The second kappa shape index (κ2) is 11.9. The zero-order chi connectivity index (χ0) is 29.6. The van der Waals surface area contributed by atoms with Crippen molar-refractivity contribution >= 4 is 28.3 Å². The number of aromatic hydroxyl groups is 1. The van der Waals surface area contributed by atoms with Crippen molar-refractivity contribution in [2.75, 3.05) is 44.3 Å². The molecular weight excluding hydrogens is 576 g/mol. The Morgan fingerprint density at radius 2 is 2.00 bits per heavy atom. The number of hydrogen-bond donors (Lipinski definition) is 1. The molecule has 5 aliphatic heterocycles. The smallest absolute Gasteiger partial charge is 0.319 e. The molecule has 2 aromatic heterocycles. The van der Waals surface area contributed by atoms with E-state index >= 15 is 4.39 Å². The van der Waals surface area contributed by atoms with Gasteiger partial charge >= 0.3 is 6.01 Å². The molecule has 8 rings (SSSR count). The Bertz CT molecular complexity index is 1510. The number of halogens is 3. The molecule has 8 nitrogen and oxygen atoms in total. The molecule has 0 aliphatic carbocycles. The highest BCUT2D eigenvalue weighted by atomic mass is 35.5. The van der Waals surface area contributed by atoms with Crippen molar-refractivity contribution in [3.8, 4) is 23.0 Å². The van der Waals surface area contributed by atoms with Crippen LogP contribution in [0.15, 0.2) is 18.3 Å². The molecule has 3 fully saturated rings. The summed E-state index contributed by atoms with van der Waals surface area (Å²) in [6.07, 6.45) is 9.27. The quantitative estimate of drug-likeness (QED) is 0.371. The number of aromatic nitrogens is 3. The van der Waals surface area contributed by atoms with Gasteiger partial charge in [-0.1, -0.05) is 18.0 Å². The minimum Gasteiger partial charge on any atom is -0.508 e. The Morgan fingerprint density at radius 3 is 2.91 bits per heavy atom. The number of rotatable bonds is 3. The van der Waals surface area contributed by atoms with Crippen LogP contribution in [0.1, 0.15) is 63.4 Å². The summed E-state index contributed by atoms with van der Waals surface area (Å²) in [7, 11) is 0. The number of pyridine rings is 1. The summed E-state index contributed by atoms with van der Waals surface area (Å²) in [6, 6.07) is 3.08. The summed E-state index contributed by atoms with van der Waals surface area (Å²) in [6.45, 7) is 3.54. The molecule has 43 heavy (non-hydrogen) atoms. The van der Waals surface area contributed by atoms with Crippen LogP contribution in [-0.4, -0.2) is 82.2 Å². The fraction of sp³-hybridized carbons (Fsp3) is 0.594. The third kappa shape index (κ3) is 5.62. The Morgan fingerprint density at radius 1 is 1.09 bits per heavy atom. The van der Waals surface area contributed by atoms with E-state index in [1.165, 1.54) is 12.1 Å². The van der Waals surface area contributed by atoms with E-state index in [4.69, 9.17) is 26.1 Å². The van der Waals surface area contributed by atoms with Crippen LogP contribution >= 0.6 is 11.6 Å². The monoisotopic (exact) mass is 613 g/mol. The van der Waals surface area contributed by atoms with Gasteiger partial charge in [0.1, 0.15) is 35.6 Å². The number of hydrogen-bond acceptors (Lipinski definition) is 8. The molecular formula is C32H38ClF2N5O3. The van der Waals surface area contributed by atoms with E-state index in [-0.39, 0.29) is 41.2 Å². The van der Waals surface area contributed by atoms with Gasteiger partial charge in [0.2, 0.25) is 0 Å². The van der Waals surface area contributed by atoms with Gasteiger partial charge in [0, 0.05) is 49.4 Å². The summed E-state index contributed by atoms with van der Waals surface area (Å²) >= 11 is 6.60. The van der Waals surface area contributed by atoms with Crippen LogP contribution in [0.5, 0.6) is 11.8 Å². The van der Waals surface area contributed by atoms with Gasteiger partial charge in [0.15, 0.2) is 5.82 Å². The lowest BCUT2D eigenvalue weighted by Gasteiger charge is -2.31. The minimum absolute atomic E-state index is 0.0333.